The van der Waals surface area contributed by atoms with Crippen LogP contribution in [0.15, 0.2) is 6.20 Å². The minimum absolute atomic E-state index is 0.336. The zero-order valence-electron chi connectivity index (χ0n) is 15.6. The molecule has 2 heterocycles. The Bertz CT molecular complexity index is 591. The molecule has 1 aliphatic carbocycles. The van der Waals surface area contributed by atoms with Gasteiger partial charge in [0.05, 0.1) is 30.7 Å². The highest BCUT2D eigenvalue weighted by Gasteiger charge is 2.31. The van der Waals surface area contributed by atoms with Crippen LogP contribution in [0.3, 0.4) is 0 Å². The summed E-state index contributed by atoms with van der Waals surface area (Å²) in [6, 6.07) is 3.23. The van der Waals surface area contributed by atoms with Crippen LogP contribution in [0.25, 0.3) is 0 Å². The molecule has 0 N–H and O–H groups in total. The van der Waals surface area contributed by atoms with Crippen molar-refractivity contribution in [3.05, 3.63) is 11.8 Å². The minimum atomic E-state index is 0.336. The molecule has 0 aromatic carbocycles. The molecule has 138 valence electrons. The number of morpholine rings is 1. The monoisotopic (exact) mass is 346 g/mol. The van der Waals surface area contributed by atoms with Crippen molar-refractivity contribution >= 4 is 0 Å². The molecule has 1 aliphatic heterocycles. The third-order valence-electron chi connectivity index (χ3n) is 5.33. The van der Waals surface area contributed by atoms with Crippen LogP contribution >= 0.6 is 0 Å². The molecule has 2 aliphatic rings. The number of rotatable bonds is 5. The Morgan fingerprint density at radius 2 is 1.84 bits per heavy atom. The quantitative estimate of drug-likeness (QED) is 0.767. The topological polar surface area (TPSA) is 63.3 Å². The minimum Gasteiger partial charge on any atom is -0.475 e. The van der Waals surface area contributed by atoms with E-state index in [0.29, 0.717) is 43.2 Å². The molecule has 6 nitrogen and oxygen atoms in total. The summed E-state index contributed by atoms with van der Waals surface area (Å²) in [6.07, 6.45) is 7.90. The molecule has 0 unspecified atom stereocenters. The van der Waals surface area contributed by atoms with Crippen LogP contribution in [0.4, 0.5) is 0 Å². The standard InChI is InChI=1S/C19H30N4O2/c1-14-11-23(21-19(14)24-10-4-9-20)18-7-5-17(6-8-18)22-12-15(2)25-16(3)13-22/h11,15-18H,4-8,10,12-13H2,1-3H3/t15-,16+,17?,18?. The van der Waals surface area contributed by atoms with Crippen LogP contribution in [0.1, 0.15) is 57.6 Å². The maximum absolute atomic E-state index is 8.62. The first kappa shape index (κ1) is 18.2. The third-order valence-corrected chi connectivity index (χ3v) is 5.33. The molecule has 1 saturated carbocycles. The van der Waals surface area contributed by atoms with E-state index in [1.807, 2.05) is 6.92 Å². The van der Waals surface area contributed by atoms with Gasteiger partial charge in [-0.3, -0.25) is 9.58 Å². The third kappa shape index (κ3) is 4.53. The fourth-order valence-electron chi connectivity index (χ4n) is 4.19. The zero-order chi connectivity index (χ0) is 17.8. The first-order valence-electron chi connectivity index (χ1n) is 9.51. The summed E-state index contributed by atoms with van der Waals surface area (Å²) in [4.78, 5) is 2.62. The second-order valence-corrected chi connectivity index (χ2v) is 7.53. The van der Waals surface area contributed by atoms with Gasteiger partial charge in [0.15, 0.2) is 0 Å². The summed E-state index contributed by atoms with van der Waals surface area (Å²) in [5.74, 6) is 0.674. The van der Waals surface area contributed by atoms with Crippen molar-refractivity contribution in [3.63, 3.8) is 0 Å². The summed E-state index contributed by atoms with van der Waals surface area (Å²) < 4.78 is 13.6. The van der Waals surface area contributed by atoms with Gasteiger partial charge < -0.3 is 9.47 Å². The van der Waals surface area contributed by atoms with Crippen LogP contribution < -0.4 is 4.74 Å². The average molecular weight is 346 g/mol. The van der Waals surface area contributed by atoms with Gasteiger partial charge in [0, 0.05) is 30.9 Å². The predicted octanol–water partition coefficient (Wildman–Crippen LogP) is 3.08. The van der Waals surface area contributed by atoms with Crippen molar-refractivity contribution in [3.8, 4) is 11.9 Å². The fourth-order valence-corrected chi connectivity index (χ4v) is 4.19. The number of nitrogens with zero attached hydrogens (tertiary/aromatic N) is 4. The maximum atomic E-state index is 8.62. The van der Waals surface area contributed by atoms with Gasteiger partial charge in [0.25, 0.3) is 0 Å². The van der Waals surface area contributed by atoms with E-state index in [9.17, 15) is 0 Å². The van der Waals surface area contributed by atoms with Crippen LogP contribution in [-0.4, -0.2) is 52.6 Å². The fraction of sp³-hybridized carbons (Fsp3) is 0.789. The van der Waals surface area contributed by atoms with Crippen LogP contribution in [0.2, 0.25) is 0 Å². The van der Waals surface area contributed by atoms with Crippen molar-refractivity contribution in [1.82, 2.24) is 14.7 Å². The van der Waals surface area contributed by atoms with E-state index >= 15 is 0 Å². The molecule has 25 heavy (non-hydrogen) atoms. The number of nitriles is 1. The second-order valence-electron chi connectivity index (χ2n) is 7.53. The first-order valence-corrected chi connectivity index (χ1v) is 9.51. The van der Waals surface area contributed by atoms with Gasteiger partial charge in [-0.1, -0.05) is 0 Å². The maximum Gasteiger partial charge on any atom is 0.235 e. The molecule has 1 aromatic rings. The van der Waals surface area contributed by atoms with E-state index < -0.39 is 0 Å². The van der Waals surface area contributed by atoms with Crippen molar-refractivity contribution < 1.29 is 9.47 Å². The van der Waals surface area contributed by atoms with E-state index in [4.69, 9.17) is 14.7 Å². The predicted molar refractivity (Wildman–Crippen MR) is 95.6 cm³/mol. The normalized spacial score (nSPS) is 30.8. The summed E-state index contributed by atoms with van der Waals surface area (Å²) in [6.45, 7) is 8.89. The molecule has 0 radical (unpaired) electrons. The van der Waals surface area contributed by atoms with Crippen molar-refractivity contribution in [2.75, 3.05) is 19.7 Å². The SMILES string of the molecule is Cc1cn(C2CCC(N3C[C@@H](C)O[C@@H](C)C3)CC2)nc1OCCC#N. The van der Waals surface area contributed by atoms with Crippen LogP contribution in [0, 0.1) is 18.3 Å². The average Bonchev–Trinajstić information content (AvgIpc) is 2.95. The Morgan fingerprint density at radius 3 is 2.48 bits per heavy atom. The van der Waals surface area contributed by atoms with E-state index in [0.717, 1.165) is 31.5 Å². The lowest BCUT2D eigenvalue weighted by Crippen LogP contribution is -2.51. The Morgan fingerprint density at radius 1 is 1.20 bits per heavy atom. The van der Waals surface area contributed by atoms with Crippen LogP contribution in [-0.2, 0) is 4.74 Å². The number of aromatic nitrogens is 2. The first-order chi connectivity index (χ1) is 12.1. The van der Waals surface area contributed by atoms with E-state index in [2.05, 4.69) is 40.8 Å². The molecule has 2 fully saturated rings. The van der Waals surface area contributed by atoms with Gasteiger partial charge in [-0.15, -0.1) is 5.10 Å². The highest BCUT2D eigenvalue weighted by molar-refractivity contribution is 5.21. The largest absolute Gasteiger partial charge is 0.475 e. The smallest absolute Gasteiger partial charge is 0.235 e. The van der Waals surface area contributed by atoms with Gasteiger partial charge in [-0.25, -0.2) is 0 Å². The Hall–Kier alpha value is -1.58. The van der Waals surface area contributed by atoms with Gasteiger partial charge in [0.2, 0.25) is 5.88 Å². The molecule has 6 heteroatoms. The van der Waals surface area contributed by atoms with E-state index in [1.54, 1.807) is 0 Å². The number of hydrogen-bond donors (Lipinski definition) is 0. The van der Waals surface area contributed by atoms with Gasteiger partial charge in [0.1, 0.15) is 6.61 Å². The molecule has 0 bridgehead atoms. The molecule has 2 atom stereocenters. The lowest BCUT2D eigenvalue weighted by molar-refractivity contribution is -0.0852. The summed E-state index contributed by atoms with van der Waals surface area (Å²) in [5, 5.41) is 13.2. The van der Waals surface area contributed by atoms with Gasteiger partial charge >= 0.3 is 0 Å². The van der Waals surface area contributed by atoms with Gasteiger partial charge in [-0.05, 0) is 46.5 Å². The Balaban J connectivity index is 1.54. The highest BCUT2D eigenvalue weighted by Crippen LogP contribution is 2.33. The number of hydrogen-bond acceptors (Lipinski definition) is 5. The van der Waals surface area contributed by atoms with E-state index in [1.165, 1.54) is 12.8 Å². The van der Waals surface area contributed by atoms with Crippen molar-refractivity contribution in [2.45, 2.75) is 77.2 Å². The molecule has 3 rings (SSSR count). The van der Waals surface area contributed by atoms with Gasteiger partial charge in [-0.2, -0.15) is 5.26 Å². The zero-order valence-corrected chi connectivity index (χ0v) is 15.6. The van der Waals surface area contributed by atoms with Crippen LogP contribution in [0.5, 0.6) is 5.88 Å². The number of aryl methyl sites for hydroxylation is 1. The number of ether oxygens (including phenoxy) is 2. The molecule has 1 aromatic heterocycles. The van der Waals surface area contributed by atoms with Crippen molar-refractivity contribution in [2.24, 2.45) is 0 Å². The summed E-state index contributed by atoms with van der Waals surface area (Å²) >= 11 is 0. The second kappa shape index (κ2) is 8.20. The summed E-state index contributed by atoms with van der Waals surface area (Å²) in [5.41, 5.74) is 1.05. The molecular weight excluding hydrogens is 316 g/mol. The molecular formula is C19H30N4O2. The highest BCUT2D eigenvalue weighted by atomic mass is 16.5. The lowest BCUT2D eigenvalue weighted by Gasteiger charge is -2.42. The summed E-state index contributed by atoms with van der Waals surface area (Å²) in [7, 11) is 0. The van der Waals surface area contributed by atoms with Crippen molar-refractivity contribution in [1.29, 1.82) is 5.26 Å². The van der Waals surface area contributed by atoms with E-state index in [-0.39, 0.29) is 0 Å². The molecule has 0 spiro atoms. The Labute approximate surface area is 150 Å². The molecule has 1 saturated heterocycles. The lowest BCUT2D eigenvalue weighted by atomic mass is 9.89. The Kier molecular flexibility index (Phi) is 5.98. The molecule has 0 amide bonds.